The molecule has 0 bridgehead atoms. The first-order valence-electron chi connectivity index (χ1n) is 3.84. The van der Waals surface area contributed by atoms with E-state index in [0.29, 0.717) is 20.0 Å². The van der Waals surface area contributed by atoms with Crippen LogP contribution in [0, 0.1) is 5.41 Å². The largest absolute Gasteiger partial charge is 0.390 e. The number of aliphatic hydroxyl groups is 1. The maximum atomic E-state index is 9.74. The molecule has 3 nitrogen and oxygen atoms in total. The second kappa shape index (κ2) is 2.73. The molecule has 0 unspecified atom stereocenters. The third-order valence-corrected chi connectivity index (χ3v) is 2.48. The van der Waals surface area contributed by atoms with Crippen LogP contribution in [0.4, 0.5) is 0 Å². The highest BCUT2D eigenvalue weighted by Gasteiger charge is 2.41. The zero-order valence-corrected chi connectivity index (χ0v) is 7.39. The van der Waals surface area contributed by atoms with Crippen LogP contribution in [-0.2, 0) is 9.47 Å². The average Bonchev–Trinajstić information content (AvgIpc) is 1.87. The smallest absolute Gasteiger partial charge is 0.146 e. The molecule has 1 rings (SSSR count). The lowest BCUT2D eigenvalue weighted by atomic mass is 9.76. The van der Waals surface area contributed by atoms with Crippen LogP contribution in [0.5, 0.6) is 0 Å². The van der Waals surface area contributed by atoms with Crippen LogP contribution in [0.3, 0.4) is 0 Å². The summed E-state index contributed by atoms with van der Waals surface area (Å²) < 4.78 is 10.3. The molecular formula is C8H16O3. The van der Waals surface area contributed by atoms with E-state index >= 15 is 0 Å². The molecule has 0 atom stereocenters. The van der Waals surface area contributed by atoms with E-state index in [2.05, 4.69) is 0 Å². The molecule has 66 valence electrons. The van der Waals surface area contributed by atoms with Crippen molar-refractivity contribution >= 4 is 0 Å². The standard InChI is InChI=1S/C8H16O3/c1-7(2,9)8(3)4-10-6-11-5-8/h9H,4-6H2,1-3H3. The molecule has 1 aliphatic heterocycles. The summed E-state index contributed by atoms with van der Waals surface area (Å²) in [4.78, 5) is 0. The van der Waals surface area contributed by atoms with E-state index in [1.54, 1.807) is 13.8 Å². The molecule has 11 heavy (non-hydrogen) atoms. The van der Waals surface area contributed by atoms with Crippen LogP contribution in [-0.4, -0.2) is 30.7 Å². The molecule has 0 radical (unpaired) electrons. The molecular weight excluding hydrogens is 144 g/mol. The van der Waals surface area contributed by atoms with Crippen molar-refractivity contribution in [1.29, 1.82) is 0 Å². The number of hydrogen-bond donors (Lipinski definition) is 1. The fraction of sp³-hybridized carbons (Fsp3) is 1.00. The molecule has 1 fully saturated rings. The summed E-state index contributed by atoms with van der Waals surface area (Å²) in [5.74, 6) is 0. The molecule has 1 saturated heterocycles. The zero-order chi connectivity index (χ0) is 8.54. The first-order chi connectivity index (χ1) is 4.96. The van der Waals surface area contributed by atoms with Gasteiger partial charge in [0, 0.05) is 5.41 Å². The van der Waals surface area contributed by atoms with E-state index in [9.17, 15) is 5.11 Å². The lowest BCUT2D eigenvalue weighted by molar-refractivity contribution is -0.211. The SMILES string of the molecule is CC(C)(O)C1(C)COCOC1. The molecule has 0 saturated carbocycles. The van der Waals surface area contributed by atoms with Crippen molar-refractivity contribution in [3.63, 3.8) is 0 Å². The molecule has 0 spiro atoms. The van der Waals surface area contributed by atoms with Gasteiger partial charge in [-0.25, -0.2) is 0 Å². The van der Waals surface area contributed by atoms with Crippen LogP contribution < -0.4 is 0 Å². The Morgan fingerprint density at radius 1 is 1.27 bits per heavy atom. The van der Waals surface area contributed by atoms with Crippen LogP contribution in [0.25, 0.3) is 0 Å². The van der Waals surface area contributed by atoms with Crippen molar-refractivity contribution < 1.29 is 14.6 Å². The maximum Gasteiger partial charge on any atom is 0.146 e. The summed E-state index contributed by atoms with van der Waals surface area (Å²) in [7, 11) is 0. The second-order valence-corrected chi connectivity index (χ2v) is 3.93. The molecule has 3 heteroatoms. The van der Waals surface area contributed by atoms with E-state index in [4.69, 9.17) is 9.47 Å². The highest BCUT2D eigenvalue weighted by molar-refractivity contribution is 4.90. The predicted octanol–water partition coefficient (Wildman–Crippen LogP) is 0.768. The van der Waals surface area contributed by atoms with Gasteiger partial charge in [-0.1, -0.05) is 6.92 Å². The Morgan fingerprint density at radius 2 is 1.73 bits per heavy atom. The summed E-state index contributed by atoms with van der Waals surface area (Å²) in [6.07, 6.45) is 0. The van der Waals surface area contributed by atoms with Gasteiger partial charge in [0.2, 0.25) is 0 Å². The van der Waals surface area contributed by atoms with Crippen molar-refractivity contribution in [1.82, 2.24) is 0 Å². The zero-order valence-electron chi connectivity index (χ0n) is 7.39. The van der Waals surface area contributed by atoms with Gasteiger partial charge in [0.05, 0.1) is 18.8 Å². The number of ether oxygens (including phenoxy) is 2. The van der Waals surface area contributed by atoms with Gasteiger partial charge in [0.25, 0.3) is 0 Å². The molecule has 0 aromatic carbocycles. The van der Waals surface area contributed by atoms with Crippen molar-refractivity contribution in [2.75, 3.05) is 20.0 Å². The summed E-state index contributed by atoms with van der Waals surface area (Å²) >= 11 is 0. The number of rotatable bonds is 1. The minimum atomic E-state index is -0.743. The van der Waals surface area contributed by atoms with Gasteiger partial charge < -0.3 is 14.6 Å². The Morgan fingerprint density at radius 3 is 2.00 bits per heavy atom. The fourth-order valence-corrected chi connectivity index (χ4v) is 0.988. The molecule has 1 N–H and O–H groups in total. The first-order valence-corrected chi connectivity index (χ1v) is 3.84. The summed E-state index contributed by atoms with van der Waals surface area (Å²) in [5, 5.41) is 9.74. The topological polar surface area (TPSA) is 38.7 Å². The van der Waals surface area contributed by atoms with Gasteiger partial charge in [0.1, 0.15) is 6.79 Å². The van der Waals surface area contributed by atoms with Crippen molar-refractivity contribution in [3.05, 3.63) is 0 Å². The Bertz CT molecular complexity index is 131. The van der Waals surface area contributed by atoms with Gasteiger partial charge >= 0.3 is 0 Å². The van der Waals surface area contributed by atoms with Gasteiger partial charge in [0.15, 0.2) is 0 Å². The highest BCUT2D eigenvalue weighted by atomic mass is 16.7. The second-order valence-electron chi connectivity index (χ2n) is 3.93. The molecule has 0 aromatic rings. The lowest BCUT2D eigenvalue weighted by Crippen LogP contribution is -2.50. The normalized spacial score (nSPS) is 25.1. The van der Waals surface area contributed by atoms with Crippen molar-refractivity contribution in [2.45, 2.75) is 26.4 Å². The maximum absolute atomic E-state index is 9.74. The fourth-order valence-electron chi connectivity index (χ4n) is 0.988. The Hall–Kier alpha value is -0.120. The van der Waals surface area contributed by atoms with Gasteiger partial charge in [-0.2, -0.15) is 0 Å². The lowest BCUT2D eigenvalue weighted by Gasteiger charge is -2.42. The van der Waals surface area contributed by atoms with E-state index in [0.717, 1.165) is 0 Å². The third-order valence-electron chi connectivity index (χ3n) is 2.48. The summed E-state index contributed by atoms with van der Waals surface area (Å²) in [5.41, 5.74) is -1.02. The van der Waals surface area contributed by atoms with Gasteiger partial charge in [-0.3, -0.25) is 0 Å². The predicted molar refractivity (Wildman–Crippen MR) is 41.2 cm³/mol. The van der Waals surface area contributed by atoms with E-state index in [1.807, 2.05) is 6.92 Å². The van der Waals surface area contributed by atoms with Crippen LogP contribution >= 0.6 is 0 Å². The Balaban J connectivity index is 2.64. The van der Waals surface area contributed by atoms with E-state index in [1.165, 1.54) is 0 Å². The Kier molecular flexibility index (Phi) is 2.23. The number of hydrogen-bond acceptors (Lipinski definition) is 3. The van der Waals surface area contributed by atoms with Gasteiger partial charge in [-0.15, -0.1) is 0 Å². The summed E-state index contributed by atoms with van der Waals surface area (Å²) in [6.45, 7) is 7.01. The van der Waals surface area contributed by atoms with Gasteiger partial charge in [-0.05, 0) is 13.8 Å². The highest BCUT2D eigenvalue weighted by Crippen LogP contribution is 2.33. The Labute approximate surface area is 67.3 Å². The third kappa shape index (κ3) is 1.72. The molecule has 1 aliphatic rings. The molecule has 0 amide bonds. The van der Waals surface area contributed by atoms with E-state index in [-0.39, 0.29) is 5.41 Å². The minimum absolute atomic E-state index is 0.273. The van der Waals surface area contributed by atoms with Crippen molar-refractivity contribution in [3.8, 4) is 0 Å². The molecule has 0 aliphatic carbocycles. The summed E-state index contributed by atoms with van der Waals surface area (Å²) in [6, 6.07) is 0. The average molecular weight is 160 g/mol. The molecule has 0 aromatic heterocycles. The monoisotopic (exact) mass is 160 g/mol. The van der Waals surface area contributed by atoms with Crippen LogP contribution in [0.15, 0.2) is 0 Å². The van der Waals surface area contributed by atoms with Crippen molar-refractivity contribution in [2.24, 2.45) is 5.41 Å². The van der Waals surface area contributed by atoms with Crippen LogP contribution in [0.1, 0.15) is 20.8 Å². The van der Waals surface area contributed by atoms with E-state index < -0.39 is 5.60 Å². The molecule has 1 heterocycles. The first kappa shape index (κ1) is 8.97. The minimum Gasteiger partial charge on any atom is -0.390 e. The quantitative estimate of drug-likeness (QED) is 0.615. The van der Waals surface area contributed by atoms with Crippen LogP contribution in [0.2, 0.25) is 0 Å².